The van der Waals surface area contributed by atoms with E-state index in [9.17, 15) is 4.79 Å². The summed E-state index contributed by atoms with van der Waals surface area (Å²) < 4.78 is 4.96. The largest absolute Gasteiger partial charge is 0.458 e. The quantitative estimate of drug-likeness (QED) is 0.744. The van der Waals surface area contributed by atoms with Crippen LogP contribution in [0.2, 0.25) is 0 Å². The topological polar surface area (TPSA) is 65.2 Å². The molecule has 0 aliphatic carbocycles. The van der Waals surface area contributed by atoms with Gasteiger partial charge in [-0.15, -0.1) is 11.3 Å². The van der Waals surface area contributed by atoms with E-state index >= 15 is 0 Å². The van der Waals surface area contributed by atoms with Crippen molar-refractivity contribution in [3.63, 3.8) is 0 Å². The molecule has 1 aromatic heterocycles. The summed E-state index contributed by atoms with van der Waals surface area (Å²) in [7, 11) is 0. The van der Waals surface area contributed by atoms with Crippen molar-refractivity contribution in [3.8, 4) is 0 Å². The SMILES string of the molecule is CC(C)OC(=O)c1csc(CN)n1. The molecule has 0 saturated carbocycles. The number of ether oxygens (including phenoxy) is 1. The van der Waals surface area contributed by atoms with Crippen LogP contribution in [0.1, 0.15) is 29.3 Å². The second-order valence-corrected chi connectivity index (χ2v) is 3.73. The van der Waals surface area contributed by atoms with Gasteiger partial charge in [-0.05, 0) is 13.8 Å². The van der Waals surface area contributed by atoms with Gasteiger partial charge in [0.1, 0.15) is 5.01 Å². The second kappa shape index (κ2) is 4.34. The molecule has 0 unspecified atom stereocenters. The average molecular weight is 200 g/mol. The molecule has 0 aliphatic rings. The van der Waals surface area contributed by atoms with E-state index in [2.05, 4.69) is 4.98 Å². The Labute approximate surface area is 80.7 Å². The van der Waals surface area contributed by atoms with Crippen LogP contribution in [0, 0.1) is 0 Å². The molecule has 1 aromatic rings. The lowest BCUT2D eigenvalue weighted by molar-refractivity contribution is 0.0371. The molecule has 4 nitrogen and oxygen atoms in total. The first-order valence-electron chi connectivity index (χ1n) is 3.99. The highest BCUT2D eigenvalue weighted by atomic mass is 32.1. The number of carbonyl (C=O) groups excluding carboxylic acids is 1. The Morgan fingerprint density at radius 1 is 1.77 bits per heavy atom. The van der Waals surface area contributed by atoms with Gasteiger partial charge < -0.3 is 10.5 Å². The number of hydrogen-bond acceptors (Lipinski definition) is 5. The van der Waals surface area contributed by atoms with Gasteiger partial charge in [-0.1, -0.05) is 0 Å². The lowest BCUT2D eigenvalue weighted by atomic mass is 10.4. The molecule has 0 aliphatic heterocycles. The zero-order chi connectivity index (χ0) is 9.84. The van der Waals surface area contributed by atoms with Gasteiger partial charge in [0.05, 0.1) is 6.10 Å². The van der Waals surface area contributed by atoms with Crippen molar-refractivity contribution >= 4 is 17.3 Å². The van der Waals surface area contributed by atoms with E-state index in [4.69, 9.17) is 10.5 Å². The lowest BCUT2D eigenvalue weighted by Crippen LogP contribution is -2.12. The molecule has 0 amide bonds. The summed E-state index contributed by atoms with van der Waals surface area (Å²) in [5, 5.41) is 2.41. The zero-order valence-electron chi connectivity index (χ0n) is 7.61. The molecule has 0 spiro atoms. The maximum Gasteiger partial charge on any atom is 0.358 e. The van der Waals surface area contributed by atoms with Crippen molar-refractivity contribution in [1.29, 1.82) is 0 Å². The minimum Gasteiger partial charge on any atom is -0.458 e. The van der Waals surface area contributed by atoms with Crippen LogP contribution in [-0.2, 0) is 11.3 Å². The molecule has 0 bridgehead atoms. The highest BCUT2D eigenvalue weighted by Gasteiger charge is 2.12. The number of hydrogen-bond donors (Lipinski definition) is 1. The zero-order valence-corrected chi connectivity index (χ0v) is 8.43. The Kier molecular flexibility index (Phi) is 3.39. The van der Waals surface area contributed by atoms with Crippen LogP contribution in [0.3, 0.4) is 0 Å². The van der Waals surface area contributed by atoms with Crippen LogP contribution >= 0.6 is 11.3 Å². The fraction of sp³-hybridized carbons (Fsp3) is 0.500. The molecule has 5 heteroatoms. The predicted octanol–water partition coefficient (Wildman–Crippen LogP) is 1.17. The van der Waals surface area contributed by atoms with Crippen molar-refractivity contribution in [2.45, 2.75) is 26.5 Å². The summed E-state index contributed by atoms with van der Waals surface area (Å²) in [6, 6.07) is 0. The number of carbonyl (C=O) groups is 1. The Hall–Kier alpha value is -0.940. The minimum atomic E-state index is -0.383. The van der Waals surface area contributed by atoms with Crippen molar-refractivity contribution < 1.29 is 9.53 Å². The van der Waals surface area contributed by atoms with Crippen molar-refractivity contribution in [2.24, 2.45) is 5.73 Å². The Bertz CT molecular complexity index is 296. The van der Waals surface area contributed by atoms with Crippen LogP contribution in [0.25, 0.3) is 0 Å². The second-order valence-electron chi connectivity index (χ2n) is 2.78. The molecular formula is C8H12N2O2S. The van der Waals surface area contributed by atoms with Crippen LogP contribution in [0.4, 0.5) is 0 Å². The molecule has 72 valence electrons. The van der Waals surface area contributed by atoms with Gasteiger partial charge in [-0.25, -0.2) is 9.78 Å². The normalized spacial score (nSPS) is 10.5. The Morgan fingerprint density at radius 2 is 2.46 bits per heavy atom. The molecule has 0 radical (unpaired) electrons. The lowest BCUT2D eigenvalue weighted by Gasteiger charge is -2.04. The van der Waals surface area contributed by atoms with E-state index in [0.29, 0.717) is 12.2 Å². The van der Waals surface area contributed by atoms with E-state index in [-0.39, 0.29) is 12.1 Å². The first-order valence-corrected chi connectivity index (χ1v) is 4.87. The number of esters is 1. The van der Waals surface area contributed by atoms with Crippen molar-refractivity contribution in [3.05, 3.63) is 16.1 Å². The number of nitrogens with two attached hydrogens (primary N) is 1. The summed E-state index contributed by atoms with van der Waals surface area (Å²) in [5.74, 6) is -0.383. The summed E-state index contributed by atoms with van der Waals surface area (Å²) in [6.07, 6.45) is -0.115. The van der Waals surface area contributed by atoms with Crippen molar-refractivity contribution in [2.75, 3.05) is 0 Å². The molecule has 1 rings (SSSR count). The van der Waals surface area contributed by atoms with Gasteiger partial charge in [0.2, 0.25) is 0 Å². The molecule has 13 heavy (non-hydrogen) atoms. The summed E-state index contributed by atoms with van der Waals surface area (Å²) in [6.45, 7) is 3.96. The van der Waals surface area contributed by atoms with Gasteiger partial charge in [-0.3, -0.25) is 0 Å². The summed E-state index contributed by atoms with van der Waals surface area (Å²) >= 11 is 1.37. The van der Waals surface area contributed by atoms with Crippen molar-refractivity contribution in [1.82, 2.24) is 4.98 Å². The maximum atomic E-state index is 11.3. The molecule has 0 atom stereocenters. The van der Waals surface area contributed by atoms with Crippen LogP contribution < -0.4 is 5.73 Å². The van der Waals surface area contributed by atoms with Crippen LogP contribution in [0.5, 0.6) is 0 Å². The monoisotopic (exact) mass is 200 g/mol. The molecule has 0 fully saturated rings. The van der Waals surface area contributed by atoms with Crippen LogP contribution in [-0.4, -0.2) is 17.1 Å². The number of aromatic nitrogens is 1. The predicted molar refractivity (Wildman–Crippen MR) is 50.6 cm³/mol. The van der Waals surface area contributed by atoms with Gasteiger partial charge >= 0.3 is 5.97 Å². The fourth-order valence-corrected chi connectivity index (χ4v) is 1.42. The Morgan fingerprint density at radius 3 is 2.92 bits per heavy atom. The summed E-state index contributed by atoms with van der Waals surface area (Å²) in [4.78, 5) is 15.3. The standard InChI is InChI=1S/C8H12N2O2S/c1-5(2)12-8(11)6-4-13-7(3-9)10-6/h4-5H,3,9H2,1-2H3. The minimum absolute atomic E-state index is 0.115. The third-order valence-electron chi connectivity index (χ3n) is 1.28. The highest BCUT2D eigenvalue weighted by Crippen LogP contribution is 2.10. The number of thiazole rings is 1. The molecule has 2 N–H and O–H groups in total. The number of nitrogens with zero attached hydrogens (tertiary/aromatic N) is 1. The molecular weight excluding hydrogens is 188 g/mol. The number of rotatable bonds is 3. The first kappa shape index (κ1) is 10.1. The van der Waals surface area contributed by atoms with Gasteiger partial charge in [0, 0.05) is 11.9 Å². The molecule has 0 saturated heterocycles. The molecule has 1 heterocycles. The maximum absolute atomic E-state index is 11.3. The fourth-order valence-electron chi connectivity index (χ4n) is 0.773. The first-order chi connectivity index (χ1) is 6.13. The van der Waals surface area contributed by atoms with E-state index in [1.165, 1.54) is 11.3 Å². The van der Waals surface area contributed by atoms with E-state index < -0.39 is 0 Å². The van der Waals surface area contributed by atoms with Gasteiger partial charge in [0.15, 0.2) is 5.69 Å². The van der Waals surface area contributed by atoms with Crippen LogP contribution in [0.15, 0.2) is 5.38 Å². The van der Waals surface area contributed by atoms with E-state index in [1.54, 1.807) is 19.2 Å². The Balaban J connectivity index is 2.66. The summed E-state index contributed by atoms with van der Waals surface area (Å²) in [5.41, 5.74) is 5.71. The third kappa shape index (κ3) is 2.78. The van der Waals surface area contributed by atoms with Gasteiger partial charge in [0.25, 0.3) is 0 Å². The smallest absolute Gasteiger partial charge is 0.358 e. The van der Waals surface area contributed by atoms with Gasteiger partial charge in [-0.2, -0.15) is 0 Å². The van der Waals surface area contributed by atoms with E-state index in [1.807, 2.05) is 0 Å². The molecule has 0 aromatic carbocycles. The average Bonchev–Trinajstić information content (AvgIpc) is 2.50. The third-order valence-corrected chi connectivity index (χ3v) is 2.15. The van der Waals surface area contributed by atoms with E-state index in [0.717, 1.165) is 5.01 Å². The highest BCUT2D eigenvalue weighted by molar-refractivity contribution is 7.09.